The highest BCUT2D eigenvalue weighted by Crippen LogP contribution is 2.13. The molecule has 0 bridgehead atoms. The molecular formula is C9H13N3. The highest BCUT2D eigenvalue weighted by Gasteiger charge is 2.14. The Morgan fingerprint density at radius 3 is 2.58 bits per heavy atom. The molecule has 1 heterocycles. The molecule has 0 atom stereocenters. The summed E-state index contributed by atoms with van der Waals surface area (Å²) in [5.74, 6) is 0. The lowest BCUT2D eigenvalue weighted by Crippen LogP contribution is -2.30. The van der Waals surface area contributed by atoms with Gasteiger partial charge in [0.1, 0.15) is 0 Å². The average molecular weight is 163 g/mol. The van der Waals surface area contributed by atoms with Crippen molar-refractivity contribution >= 4 is 5.69 Å². The summed E-state index contributed by atoms with van der Waals surface area (Å²) in [7, 11) is 2.09. The molecule has 0 spiro atoms. The Bertz CT molecular complexity index is 247. The van der Waals surface area contributed by atoms with Gasteiger partial charge in [0.2, 0.25) is 0 Å². The Hall–Kier alpha value is -1.06. The lowest BCUT2D eigenvalue weighted by Gasteiger charge is -2.16. The van der Waals surface area contributed by atoms with Gasteiger partial charge < -0.3 is 0 Å². The molecule has 12 heavy (non-hydrogen) atoms. The van der Waals surface area contributed by atoms with Gasteiger partial charge in [-0.05, 0) is 19.2 Å². The first kappa shape index (κ1) is 7.58. The van der Waals surface area contributed by atoms with E-state index in [0.29, 0.717) is 0 Å². The van der Waals surface area contributed by atoms with Crippen LogP contribution in [0.1, 0.15) is 0 Å². The number of nitrogens with one attached hydrogen (secondary N) is 1. The second-order valence-corrected chi connectivity index (χ2v) is 3.08. The normalized spacial score (nSPS) is 18.6. The summed E-state index contributed by atoms with van der Waals surface area (Å²) in [6.07, 6.45) is 0. The van der Waals surface area contributed by atoms with E-state index >= 15 is 0 Å². The number of rotatable bonds is 1. The zero-order valence-electron chi connectivity index (χ0n) is 7.20. The van der Waals surface area contributed by atoms with E-state index in [1.165, 1.54) is 5.69 Å². The first-order chi connectivity index (χ1) is 5.86. The van der Waals surface area contributed by atoms with Gasteiger partial charge in [0.15, 0.2) is 0 Å². The van der Waals surface area contributed by atoms with E-state index in [9.17, 15) is 0 Å². The molecule has 1 N–H and O–H groups in total. The molecular weight excluding hydrogens is 150 g/mol. The Kier molecular flexibility index (Phi) is 1.98. The molecule has 0 aliphatic carbocycles. The van der Waals surface area contributed by atoms with Gasteiger partial charge in [-0.1, -0.05) is 18.2 Å². The van der Waals surface area contributed by atoms with Crippen LogP contribution in [0.5, 0.6) is 0 Å². The molecule has 1 aromatic rings. The minimum Gasteiger partial charge on any atom is -0.293 e. The third-order valence-electron chi connectivity index (χ3n) is 1.98. The van der Waals surface area contributed by atoms with Crippen molar-refractivity contribution in [3.8, 4) is 0 Å². The third kappa shape index (κ3) is 1.42. The van der Waals surface area contributed by atoms with Crippen molar-refractivity contribution in [1.82, 2.24) is 10.3 Å². The van der Waals surface area contributed by atoms with Gasteiger partial charge in [0, 0.05) is 0 Å². The molecule has 3 nitrogen and oxygen atoms in total. The predicted molar refractivity (Wildman–Crippen MR) is 49.6 cm³/mol. The van der Waals surface area contributed by atoms with Crippen LogP contribution in [0.25, 0.3) is 0 Å². The number of para-hydroxylation sites is 1. The monoisotopic (exact) mass is 163 g/mol. The van der Waals surface area contributed by atoms with Gasteiger partial charge in [0.25, 0.3) is 0 Å². The second kappa shape index (κ2) is 3.13. The molecule has 1 fully saturated rings. The molecule has 2 rings (SSSR count). The van der Waals surface area contributed by atoms with E-state index in [2.05, 4.69) is 46.6 Å². The van der Waals surface area contributed by atoms with Crippen LogP contribution < -0.4 is 10.4 Å². The van der Waals surface area contributed by atoms with E-state index in [0.717, 1.165) is 13.3 Å². The Labute approximate surface area is 72.6 Å². The summed E-state index contributed by atoms with van der Waals surface area (Å²) < 4.78 is 0. The van der Waals surface area contributed by atoms with Crippen LogP contribution in [0.4, 0.5) is 5.69 Å². The second-order valence-electron chi connectivity index (χ2n) is 3.08. The van der Waals surface area contributed by atoms with Gasteiger partial charge in [-0.2, -0.15) is 0 Å². The zero-order chi connectivity index (χ0) is 8.39. The van der Waals surface area contributed by atoms with Crippen LogP contribution in [0.15, 0.2) is 30.3 Å². The minimum absolute atomic E-state index is 0.925. The van der Waals surface area contributed by atoms with Crippen molar-refractivity contribution < 1.29 is 0 Å². The highest BCUT2D eigenvalue weighted by molar-refractivity contribution is 5.44. The summed E-state index contributed by atoms with van der Waals surface area (Å²) in [6.45, 7) is 1.87. The summed E-state index contributed by atoms with van der Waals surface area (Å²) >= 11 is 0. The fourth-order valence-corrected chi connectivity index (χ4v) is 1.33. The first-order valence-corrected chi connectivity index (χ1v) is 4.11. The summed E-state index contributed by atoms with van der Waals surface area (Å²) in [5.41, 5.74) is 4.51. The van der Waals surface area contributed by atoms with Gasteiger partial charge >= 0.3 is 0 Å². The number of hydrogen-bond donors (Lipinski definition) is 1. The zero-order valence-corrected chi connectivity index (χ0v) is 7.20. The Balaban J connectivity index is 2.11. The van der Waals surface area contributed by atoms with Crippen LogP contribution in [-0.4, -0.2) is 25.3 Å². The van der Waals surface area contributed by atoms with Gasteiger partial charge in [-0.15, -0.1) is 0 Å². The third-order valence-corrected chi connectivity index (χ3v) is 1.98. The largest absolute Gasteiger partial charge is 0.293 e. The predicted octanol–water partition coefficient (Wildman–Crippen LogP) is 0.858. The van der Waals surface area contributed by atoms with Crippen LogP contribution in [-0.2, 0) is 0 Å². The van der Waals surface area contributed by atoms with E-state index < -0.39 is 0 Å². The smallest absolute Gasteiger partial charge is 0.0872 e. The molecule has 0 amide bonds. The minimum atomic E-state index is 0.925. The van der Waals surface area contributed by atoms with Crippen molar-refractivity contribution in [3.63, 3.8) is 0 Å². The van der Waals surface area contributed by atoms with Crippen molar-refractivity contribution in [3.05, 3.63) is 30.3 Å². The lowest BCUT2D eigenvalue weighted by molar-refractivity contribution is 0.411. The maximum Gasteiger partial charge on any atom is 0.0872 e. The van der Waals surface area contributed by atoms with Crippen LogP contribution in [0, 0.1) is 0 Å². The van der Waals surface area contributed by atoms with Gasteiger partial charge in [-0.3, -0.25) is 9.91 Å². The van der Waals surface area contributed by atoms with E-state index in [-0.39, 0.29) is 0 Å². The van der Waals surface area contributed by atoms with Crippen LogP contribution in [0.3, 0.4) is 0 Å². The molecule has 3 heteroatoms. The Morgan fingerprint density at radius 1 is 1.25 bits per heavy atom. The summed E-state index contributed by atoms with van der Waals surface area (Å²) in [4.78, 5) is 2.22. The molecule has 1 aliphatic heterocycles. The van der Waals surface area contributed by atoms with Crippen LogP contribution >= 0.6 is 0 Å². The molecule has 0 saturated carbocycles. The summed E-state index contributed by atoms with van der Waals surface area (Å²) in [5, 5.41) is 2.14. The van der Waals surface area contributed by atoms with Crippen molar-refractivity contribution in [2.24, 2.45) is 0 Å². The van der Waals surface area contributed by atoms with Gasteiger partial charge in [-0.25, -0.2) is 5.43 Å². The molecule has 1 aliphatic rings. The molecule has 0 radical (unpaired) electrons. The van der Waals surface area contributed by atoms with E-state index in [1.54, 1.807) is 0 Å². The lowest BCUT2D eigenvalue weighted by atomic mass is 10.3. The molecule has 1 aromatic carbocycles. The molecule has 0 aromatic heterocycles. The van der Waals surface area contributed by atoms with E-state index in [1.807, 2.05) is 6.07 Å². The molecule has 1 saturated heterocycles. The highest BCUT2D eigenvalue weighted by atomic mass is 15.6. The topological polar surface area (TPSA) is 18.5 Å². The number of anilines is 1. The number of hydrazine groups is 1. The van der Waals surface area contributed by atoms with Crippen molar-refractivity contribution in [2.75, 3.05) is 25.4 Å². The number of benzene rings is 1. The SMILES string of the molecule is CN1CNN(c2ccccc2)C1. The fourth-order valence-electron chi connectivity index (χ4n) is 1.33. The first-order valence-electron chi connectivity index (χ1n) is 4.11. The fraction of sp³-hybridized carbons (Fsp3) is 0.333. The van der Waals surface area contributed by atoms with Crippen LogP contribution in [0.2, 0.25) is 0 Å². The maximum absolute atomic E-state index is 3.28. The molecule has 0 unspecified atom stereocenters. The maximum atomic E-state index is 3.28. The summed E-state index contributed by atoms with van der Waals surface area (Å²) in [6, 6.07) is 10.3. The average Bonchev–Trinajstić information content (AvgIpc) is 2.54. The number of nitrogens with zero attached hydrogens (tertiary/aromatic N) is 2. The number of hydrogen-bond acceptors (Lipinski definition) is 3. The van der Waals surface area contributed by atoms with Gasteiger partial charge in [0.05, 0.1) is 19.0 Å². The quantitative estimate of drug-likeness (QED) is 0.662. The standard InChI is InChI=1S/C9H13N3/c1-11-7-10-12(8-11)9-5-3-2-4-6-9/h2-6,10H,7-8H2,1H3. The molecule has 64 valence electrons. The van der Waals surface area contributed by atoms with Crippen molar-refractivity contribution in [1.29, 1.82) is 0 Å². The van der Waals surface area contributed by atoms with E-state index in [4.69, 9.17) is 0 Å². The Morgan fingerprint density at radius 2 is 2.00 bits per heavy atom. The van der Waals surface area contributed by atoms with Crippen molar-refractivity contribution in [2.45, 2.75) is 0 Å².